The fourth-order valence-electron chi connectivity index (χ4n) is 5.52. The predicted molar refractivity (Wildman–Crippen MR) is 194 cm³/mol. The van der Waals surface area contributed by atoms with Crippen LogP contribution in [0.5, 0.6) is 5.75 Å². The summed E-state index contributed by atoms with van der Waals surface area (Å²) in [6, 6.07) is 53.7. The standard InChI is InChI=1S/C41H37BrN2O/c1-4-41(42)45-40-26-24-37(25-27-40)44(39-15-9-11-31(3)29-39)36-22-18-33(19-23-36)32-16-20-35(21-17-32)43(34-12-6-5-7-13-34)38-14-8-10-30(2)28-38/h5-29,41H,4H2,1-3H3. The molecule has 0 saturated heterocycles. The van der Waals surface area contributed by atoms with Crippen LogP contribution >= 0.6 is 15.9 Å². The first-order chi connectivity index (χ1) is 22.0. The van der Waals surface area contributed by atoms with Gasteiger partial charge in [-0.2, -0.15) is 0 Å². The average Bonchev–Trinajstić information content (AvgIpc) is 3.07. The molecule has 0 amide bonds. The molecule has 1 unspecified atom stereocenters. The van der Waals surface area contributed by atoms with E-state index < -0.39 is 0 Å². The molecule has 0 radical (unpaired) electrons. The van der Waals surface area contributed by atoms with Gasteiger partial charge in [0.2, 0.25) is 0 Å². The van der Waals surface area contributed by atoms with Crippen LogP contribution in [0.25, 0.3) is 11.1 Å². The van der Waals surface area contributed by atoms with E-state index in [9.17, 15) is 0 Å². The first kappa shape index (κ1) is 30.2. The third kappa shape index (κ3) is 7.13. The van der Waals surface area contributed by atoms with E-state index in [-0.39, 0.29) is 5.01 Å². The molecule has 6 rings (SSSR count). The van der Waals surface area contributed by atoms with Crippen molar-refractivity contribution >= 4 is 50.1 Å². The number of rotatable bonds is 10. The number of benzene rings is 6. The van der Waals surface area contributed by atoms with Crippen LogP contribution in [0.4, 0.5) is 34.1 Å². The highest BCUT2D eigenvalue weighted by molar-refractivity contribution is 9.09. The van der Waals surface area contributed by atoms with Gasteiger partial charge in [-0.15, -0.1) is 0 Å². The summed E-state index contributed by atoms with van der Waals surface area (Å²) in [6.07, 6.45) is 0.893. The van der Waals surface area contributed by atoms with Crippen molar-refractivity contribution in [2.45, 2.75) is 32.2 Å². The van der Waals surface area contributed by atoms with Gasteiger partial charge in [0.25, 0.3) is 0 Å². The zero-order valence-electron chi connectivity index (χ0n) is 25.9. The summed E-state index contributed by atoms with van der Waals surface area (Å²) in [7, 11) is 0. The predicted octanol–water partition coefficient (Wildman–Crippen LogP) is 12.4. The second-order valence-corrected chi connectivity index (χ2v) is 12.2. The molecule has 0 aliphatic carbocycles. The van der Waals surface area contributed by atoms with Crippen molar-refractivity contribution in [3.8, 4) is 16.9 Å². The Kier molecular flexibility index (Phi) is 9.33. The smallest absolute Gasteiger partial charge is 0.153 e. The second kappa shape index (κ2) is 13.9. The summed E-state index contributed by atoms with van der Waals surface area (Å²) < 4.78 is 5.97. The van der Waals surface area contributed by atoms with Gasteiger partial charge in [0.15, 0.2) is 5.01 Å². The maximum absolute atomic E-state index is 5.97. The van der Waals surface area contributed by atoms with Crippen molar-refractivity contribution in [2.24, 2.45) is 0 Å². The van der Waals surface area contributed by atoms with E-state index in [0.717, 1.165) is 46.3 Å². The number of nitrogens with zero attached hydrogens (tertiary/aromatic N) is 2. The minimum atomic E-state index is 0.00165. The zero-order valence-corrected chi connectivity index (χ0v) is 27.5. The number of anilines is 6. The molecule has 6 aromatic carbocycles. The lowest BCUT2D eigenvalue weighted by molar-refractivity contribution is 0.290. The Morgan fingerprint density at radius 1 is 0.489 bits per heavy atom. The van der Waals surface area contributed by atoms with Crippen molar-refractivity contribution in [1.29, 1.82) is 0 Å². The molecular weight excluding hydrogens is 616 g/mol. The summed E-state index contributed by atoms with van der Waals surface area (Å²) in [4.78, 5) is 4.59. The molecule has 0 heterocycles. The molecule has 0 N–H and O–H groups in total. The lowest BCUT2D eigenvalue weighted by Gasteiger charge is -2.26. The molecule has 0 saturated carbocycles. The third-order valence-corrected chi connectivity index (χ3v) is 8.63. The quantitative estimate of drug-likeness (QED) is 0.137. The summed E-state index contributed by atoms with van der Waals surface area (Å²) in [5.74, 6) is 0.846. The molecule has 1 atom stereocenters. The van der Waals surface area contributed by atoms with Gasteiger partial charge < -0.3 is 14.5 Å². The van der Waals surface area contributed by atoms with Crippen molar-refractivity contribution in [1.82, 2.24) is 0 Å². The van der Waals surface area contributed by atoms with Crippen LogP contribution in [0.1, 0.15) is 24.5 Å². The Morgan fingerprint density at radius 3 is 1.31 bits per heavy atom. The van der Waals surface area contributed by atoms with Crippen LogP contribution in [0.15, 0.2) is 152 Å². The molecule has 0 bridgehead atoms. The van der Waals surface area contributed by atoms with E-state index in [2.05, 4.69) is 186 Å². The first-order valence-electron chi connectivity index (χ1n) is 15.4. The number of hydrogen-bond acceptors (Lipinski definition) is 3. The van der Waals surface area contributed by atoms with E-state index >= 15 is 0 Å². The summed E-state index contributed by atoms with van der Waals surface area (Å²) in [6.45, 7) is 6.36. The number of para-hydroxylation sites is 1. The highest BCUT2D eigenvalue weighted by Crippen LogP contribution is 2.38. The number of halogens is 1. The average molecular weight is 654 g/mol. The number of alkyl halides is 1. The Labute approximate surface area is 275 Å². The van der Waals surface area contributed by atoms with Crippen molar-refractivity contribution < 1.29 is 4.74 Å². The summed E-state index contributed by atoms with van der Waals surface area (Å²) in [5.41, 5.74) is 11.5. The Hall–Kier alpha value is -4.80. The Bertz CT molecular complexity index is 1840. The highest BCUT2D eigenvalue weighted by Gasteiger charge is 2.15. The Balaban J connectivity index is 1.30. The van der Waals surface area contributed by atoms with Crippen molar-refractivity contribution in [3.63, 3.8) is 0 Å². The van der Waals surface area contributed by atoms with Crippen LogP contribution in [0.3, 0.4) is 0 Å². The van der Waals surface area contributed by atoms with Gasteiger partial charge in [0.05, 0.1) is 0 Å². The van der Waals surface area contributed by atoms with Gasteiger partial charge in [-0.1, -0.05) is 73.7 Å². The number of ether oxygens (including phenoxy) is 1. The minimum absolute atomic E-state index is 0.00165. The minimum Gasteiger partial charge on any atom is -0.479 e. The summed E-state index contributed by atoms with van der Waals surface area (Å²) in [5, 5.41) is 0.00165. The number of hydrogen-bond donors (Lipinski definition) is 0. The fourth-order valence-corrected chi connectivity index (χ4v) is 5.73. The molecule has 0 aromatic heterocycles. The SMILES string of the molecule is CCC(Br)Oc1ccc(N(c2ccc(-c3ccc(N(c4ccccc4)c4cccc(C)c4)cc3)cc2)c2cccc(C)c2)cc1. The monoisotopic (exact) mass is 652 g/mol. The largest absolute Gasteiger partial charge is 0.479 e. The molecule has 4 heteroatoms. The molecule has 45 heavy (non-hydrogen) atoms. The van der Waals surface area contributed by atoms with Gasteiger partial charge in [-0.25, -0.2) is 0 Å². The Morgan fingerprint density at radius 2 is 0.889 bits per heavy atom. The van der Waals surface area contributed by atoms with Crippen LogP contribution in [0, 0.1) is 13.8 Å². The fraction of sp³-hybridized carbons (Fsp3) is 0.122. The second-order valence-electron chi connectivity index (χ2n) is 11.2. The summed E-state index contributed by atoms with van der Waals surface area (Å²) >= 11 is 3.57. The topological polar surface area (TPSA) is 15.7 Å². The molecular formula is C41H37BrN2O. The first-order valence-corrected chi connectivity index (χ1v) is 16.3. The van der Waals surface area contributed by atoms with Crippen molar-refractivity contribution in [3.05, 3.63) is 163 Å². The molecule has 224 valence electrons. The molecule has 6 aromatic rings. The van der Waals surface area contributed by atoms with Gasteiger partial charge in [-0.3, -0.25) is 0 Å². The molecule has 0 aliphatic heterocycles. The lowest BCUT2D eigenvalue weighted by atomic mass is 10.0. The van der Waals surface area contributed by atoms with E-state index in [1.54, 1.807) is 0 Å². The molecule has 0 spiro atoms. The third-order valence-electron chi connectivity index (χ3n) is 7.80. The van der Waals surface area contributed by atoms with Crippen molar-refractivity contribution in [2.75, 3.05) is 9.80 Å². The molecule has 0 fully saturated rings. The van der Waals surface area contributed by atoms with Crippen LogP contribution < -0.4 is 14.5 Å². The van der Waals surface area contributed by atoms with Crippen LogP contribution in [-0.2, 0) is 0 Å². The lowest BCUT2D eigenvalue weighted by Crippen LogP contribution is -2.10. The molecule has 0 aliphatic rings. The van der Waals surface area contributed by atoms with Gasteiger partial charge in [0.1, 0.15) is 5.75 Å². The van der Waals surface area contributed by atoms with E-state index in [1.165, 1.54) is 22.3 Å². The normalized spacial score (nSPS) is 11.6. The van der Waals surface area contributed by atoms with Crippen LogP contribution in [-0.4, -0.2) is 5.01 Å². The van der Waals surface area contributed by atoms with Gasteiger partial charge >= 0.3 is 0 Å². The molecule has 3 nitrogen and oxygen atoms in total. The maximum Gasteiger partial charge on any atom is 0.153 e. The zero-order chi connectivity index (χ0) is 31.2. The van der Waals surface area contributed by atoms with Crippen LogP contribution in [0.2, 0.25) is 0 Å². The van der Waals surface area contributed by atoms with E-state index in [4.69, 9.17) is 4.74 Å². The highest BCUT2D eigenvalue weighted by atomic mass is 79.9. The van der Waals surface area contributed by atoms with Gasteiger partial charge in [-0.05, 0) is 143 Å². The van der Waals surface area contributed by atoms with E-state index in [0.29, 0.717) is 0 Å². The number of aryl methyl sites for hydroxylation is 2. The van der Waals surface area contributed by atoms with Gasteiger partial charge in [0, 0.05) is 34.1 Å². The maximum atomic E-state index is 5.97. The van der Waals surface area contributed by atoms with E-state index in [1.807, 2.05) is 12.1 Å².